The topological polar surface area (TPSA) is 39.1 Å². The fraction of sp³-hybridized carbons (Fsp3) is 0.727. The number of hydrogen-bond acceptors (Lipinski definition) is 3. The Morgan fingerprint density at radius 2 is 2.25 bits per heavy atom. The number of nitrogens with zero attached hydrogens (tertiary/aromatic N) is 2. The Hall–Kier alpha value is -0.390. The minimum Gasteiger partial charge on any atom is -0.376 e. The van der Waals surface area contributed by atoms with E-state index in [1.165, 1.54) is 0 Å². The summed E-state index contributed by atoms with van der Waals surface area (Å²) in [5, 5.41) is 7.54. The Morgan fingerprint density at radius 1 is 1.56 bits per heavy atom. The molecule has 1 N–H and O–H groups in total. The first kappa shape index (κ1) is 13.7. The molecule has 1 heterocycles. The smallest absolute Gasteiger partial charge is 0.0782 e. The molecule has 0 radical (unpaired) electrons. The van der Waals surface area contributed by atoms with E-state index < -0.39 is 0 Å². The number of aryl methyl sites for hydroxylation is 1. The second-order valence-corrected chi connectivity index (χ2v) is 4.52. The van der Waals surface area contributed by atoms with Gasteiger partial charge in [0, 0.05) is 13.7 Å². The van der Waals surface area contributed by atoms with E-state index in [2.05, 4.69) is 33.3 Å². The van der Waals surface area contributed by atoms with Crippen LogP contribution in [0.25, 0.3) is 0 Å². The largest absolute Gasteiger partial charge is 0.376 e. The summed E-state index contributed by atoms with van der Waals surface area (Å²) in [7, 11) is 3.90. The molecule has 0 spiro atoms. The molecule has 0 aliphatic rings. The van der Waals surface area contributed by atoms with Crippen LogP contribution >= 0.6 is 15.9 Å². The maximum absolute atomic E-state index is 5.75. The lowest BCUT2D eigenvalue weighted by molar-refractivity contribution is 0.0312. The zero-order chi connectivity index (χ0) is 12.1. The van der Waals surface area contributed by atoms with Gasteiger partial charge in [-0.25, -0.2) is 0 Å². The van der Waals surface area contributed by atoms with Gasteiger partial charge in [0.25, 0.3) is 0 Å². The van der Waals surface area contributed by atoms with Crippen LogP contribution in [0.5, 0.6) is 0 Å². The van der Waals surface area contributed by atoms with E-state index in [4.69, 9.17) is 4.74 Å². The molecule has 1 rings (SSSR count). The van der Waals surface area contributed by atoms with Crippen LogP contribution in [-0.4, -0.2) is 29.5 Å². The molecule has 0 amide bonds. The highest BCUT2D eigenvalue weighted by atomic mass is 79.9. The lowest BCUT2D eigenvalue weighted by Gasteiger charge is -2.26. The van der Waals surface area contributed by atoms with E-state index >= 15 is 0 Å². The standard InChI is InChI=1S/C11H20BrN3O/c1-5-9(16-6-2)10(13-3)11-8(12)7-14-15(11)4/h7,9-10,13H,5-6H2,1-4H3. The average Bonchev–Trinajstić information content (AvgIpc) is 2.60. The van der Waals surface area contributed by atoms with Crippen molar-refractivity contribution in [1.82, 2.24) is 15.1 Å². The van der Waals surface area contributed by atoms with Crippen molar-refractivity contribution < 1.29 is 4.74 Å². The summed E-state index contributed by atoms with van der Waals surface area (Å²) in [6, 6.07) is 0.159. The molecule has 0 aromatic carbocycles. The van der Waals surface area contributed by atoms with Gasteiger partial charge in [-0.2, -0.15) is 5.10 Å². The van der Waals surface area contributed by atoms with Crippen LogP contribution in [0.1, 0.15) is 32.0 Å². The number of halogens is 1. The van der Waals surface area contributed by atoms with Crippen molar-refractivity contribution in [1.29, 1.82) is 0 Å². The van der Waals surface area contributed by atoms with E-state index in [-0.39, 0.29) is 12.1 Å². The summed E-state index contributed by atoms with van der Waals surface area (Å²) < 4.78 is 8.66. The zero-order valence-electron chi connectivity index (χ0n) is 10.3. The lowest BCUT2D eigenvalue weighted by Crippen LogP contribution is -2.33. The number of aromatic nitrogens is 2. The number of hydrogen-bond donors (Lipinski definition) is 1. The van der Waals surface area contributed by atoms with Crippen LogP contribution in [0.3, 0.4) is 0 Å². The lowest BCUT2D eigenvalue weighted by atomic mass is 10.1. The summed E-state index contributed by atoms with van der Waals surface area (Å²) in [5.74, 6) is 0. The van der Waals surface area contributed by atoms with Crippen LogP contribution in [0.15, 0.2) is 10.7 Å². The molecular weight excluding hydrogens is 270 g/mol. The van der Waals surface area contributed by atoms with Gasteiger partial charge in [-0.1, -0.05) is 6.92 Å². The Labute approximate surface area is 105 Å². The molecule has 2 unspecified atom stereocenters. The van der Waals surface area contributed by atoms with Crippen LogP contribution in [0.4, 0.5) is 0 Å². The Morgan fingerprint density at radius 3 is 2.62 bits per heavy atom. The SMILES string of the molecule is CCOC(CC)C(NC)c1c(Br)cnn1C. The number of ether oxygens (including phenoxy) is 1. The second kappa shape index (κ2) is 6.37. The molecule has 4 nitrogen and oxygen atoms in total. The van der Waals surface area contributed by atoms with Crippen LogP contribution in [0, 0.1) is 0 Å². The van der Waals surface area contributed by atoms with Gasteiger partial charge in [-0.3, -0.25) is 4.68 Å². The zero-order valence-corrected chi connectivity index (χ0v) is 11.9. The Bertz CT molecular complexity index is 308. The van der Waals surface area contributed by atoms with Crippen molar-refractivity contribution in [2.75, 3.05) is 13.7 Å². The minimum atomic E-state index is 0.159. The first-order valence-corrected chi connectivity index (χ1v) is 6.41. The maximum atomic E-state index is 5.75. The van der Waals surface area contributed by atoms with Crippen molar-refractivity contribution in [3.05, 3.63) is 16.4 Å². The predicted molar refractivity (Wildman–Crippen MR) is 68.4 cm³/mol. The van der Waals surface area contributed by atoms with Gasteiger partial charge in [0.05, 0.1) is 28.5 Å². The van der Waals surface area contributed by atoms with E-state index in [0.717, 1.165) is 23.2 Å². The van der Waals surface area contributed by atoms with Gasteiger partial charge >= 0.3 is 0 Å². The van der Waals surface area contributed by atoms with E-state index in [1.807, 2.05) is 31.9 Å². The molecule has 0 fully saturated rings. The van der Waals surface area contributed by atoms with Gasteiger partial charge in [-0.15, -0.1) is 0 Å². The highest BCUT2D eigenvalue weighted by molar-refractivity contribution is 9.10. The second-order valence-electron chi connectivity index (χ2n) is 3.67. The monoisotopic (exact) mass is 289 g/mol. The normalized spacial score (nSPS) is 15.1. The first-order chi connectivity index (χ1) is 7.65. The minimum absolute atomic E-state index is 0.159. The van der Waals surface area contributed by atoms with Gasteiger partial charge in [-0.05, 0) is 36.3 Å². The molecule has 0 bridgehead atoms. The van der Waals surface area contributed by atoms with Crippen molar-refractivity contribution >= 4 is 15.9 Å². The highest BCUT2D eigenvalue weighted by Crippen LogP contribution is 2.27. The third kappa shape index (κ3) is 2.84. The van der Waals surface area contributed by atoms with Crippen molar-refractivity contribution in [2.45, 2.75) is 32.4 Å². The van der Waals surface area contributed by atoms with Crippen LogP contribution in [0.2, 0.25) is 0 Å². The molecule has 2 atom stereocenters. The van der Waals surface area contributed by atoms with Gasteiger partial charge in [0.15, 0.2) is 0 Å². The molecule has 5 heteroatoms. The van der Waals surface area contributed by atoms with E-state index in [9.17, 15) is 0 Å². The first-order valence-electron chi connectivity index (χ1n) is 5.61. The quantitative estimate of drug-likeness (QED) is 0.873. The molecule has 1 aromatic rings. The van der Waals surface area contributed by atoms with Crippen molar-refractivity contribution in [3.63, 3.8) is 0 Å². The van der Waals surface area contributed by atoms with Crippen molar-refractivity contribution in [3.8, 4) is 0 Å². The van der Waals surface area contributed by atoms with Gasteiger partial charge in [0.2, 0.25) is 0 Å². The summed E-state index contributed by atoms with van der Waals surface area (Å²) in [5.41, 5.74) is 1.13. The molecular formula is C11H20BrN3O. The predicted octanol–water partition coefficient (Wildman–Crippen LogP) is 2.26. The number of likely N-dealkylation sites (N-methyl/N-ethyl adjacent to an activating group) is 1. The molecule has 0 aliphatic heterocycles. The fourth-order valence-corrected chi connectivity index (χ4v) is 2.53. The fourth-order valence-electron chi connectivity index (χ4n) is 1.93. The molecule has 0 saturated carbocycles. The summed E-state index contributed by atoms with van der Waals surface area (Å²) in [6.45, 7) is 4.88. The summed E-state index contributed by atoms with van der Waals surface area (Å²) in [6.07, 6.45) is 2.96. The molecule has 16 heavy (non-hydrogen) atoms. The summed E-state index contributed by atoms with van der Waals surface area (Å²) in [4.78, 5) is 0. The Kier molecular flexibility index (Phi) is 5.44. The van der Waals surface area contributed by atoms with Gasteiger partial charge in [0.1, 0.15) is 0 Å². The highest BCUT2D eigenvalue weighted by Gasteiger charge is 2.25. The number of rotatable bonds is 6. The average molecular weight is 290 g/mol. The molecule has 92 valence electrons. The Balaban J connectivity index is 2.96. The van der Waals surface area contributed by atoms with Gasteiger partial charge < -0.3 is 10.1 Å². The summed E-state index contributed by atoms with van der Waals surface area (Å²) >= 11 is 3.53. The third-order valence-electron chi connectivity index (χ3n) is 2.70. The third-order valence-corrected chi connectivity index (χ3v) is 3.31. The molecule has 0 aliphatic carbocycles. The van der Waals surface area contributed by atoms with Crippen LogP contribution in [-0.2, 0) is 11.8 Å². The molecule has 0 saturated heterocycles. The van der Waals surface area contributed by atoms with E-state index in [0.29, 0.717) is 0 Å². The van der Waals surface area contributed by atoms with Crippen molar-refractivity contribution in [2.24, 2.45) is 7.05 Å². The van der Waals surface area contributed by atoms with E-state index in [1.54, 1.807) is 0 Å². The maximum Gasteiger partial charge on any atom is 0.0782 e. The van der Waals surface area contributed by atoms with Crippen LogP contribution < -0.4 is 5.32 Å². The number of nitrogens with one attached hydrogen (secondary N) is 1. The molecule has 1 aromatic heterocycles.